The Morgan fingerprint density at radius 3 is 2.71 bits per heavy atom. The number of aromatic amines is 1. The van der Waals surface area contributed by atoms with E-state index in [0.29, 0.717) is 11.9 Å². The van der Waals surface area contributed by atoms with Crippen molar-refractivity contribution in [3.8, 4) is 5.75 Å². The van der Waals surface area contributed by atoms with Crippen LogP contribution < -0.4 is 15.2 Å². The fourth-order valence-electron chi connectivity index (χ4n) is 2.09. The van der Waals surface area contributed by atoms with Gasteiger partial charge in [-0.3, -0.25) is 4.79 Å². The quantitative estimate of drug-likeness (QED) is 0.826. The summed E-state index contributed by atoms with van der Waals surface area (Å²) in [4.78, 5) is 20.3. The lowest BCUT2D eigenvalue weighted by Gasteiger charge is -2.32. The summed E-state index contributed by atoms with van der Waals surface area (Å²) in [5.74, 6) is 0.897. The maximum Gasteiger partial charge on any atom is 0.295 e. The van der Waals surface area contributed by atoms with E-state index in [9.17, 15) is 4.79 Å². The summed E-state index contributed by atoms with van der Waals surface area (Å²) in [6.45, 7) is 1.65. The first kappa shape index (κ1) is 11.9. The molecular weight excluding hydrogens is 222 g/mol. The normalized spacial score (nSPS) is 17.2. The SMILES string of the molecule is COc1c(N2CCC(OC)CC2)nc[nH]c1=O. The van der Waals surface area contributed by atoms with E-state index in [1.54, 1.807) is 7.11 Å². The zero-order valence-corrected chi connectivity index (χ0v) is 10.1. The molecule has 0 radical (unpaired) electrons. The van der Waals surface area contributed by atoms with Crippen molar-refractivity contribution in [1.82, 2.24) is 9.97 Å². The molecule has 94 valence electrons. The van der Waals surface area contributed by atoms with Crippen LogP contribution in [0.3, 0.4) is 0 Å². The first-order valence-electron chi connectivity index (χ1n) is 5.65. The van der Waals surface area contributed by atoms with Gasteiger partial charge in [0.15, 0.2) is 5.82 Å². The lowest BCUT2D eigenvalue weighted by molar-refractivity contribution is 0.0817. The van der Waals surface area contributed by atoms with E-state index in [1.807, 2.05) is 0 Å². The van der Waals surface area contributed by atoms with Crippen LogP contribution >= 0.6 is 0 Å². The van der Waals surface area contributed by atoms with Crippen LogP contribution in [0, 0.1) is 0 Å². The van der Waals surface area contributed by atoms with Crippen LogP contribution in [0.4, 0.5) is 5.82 Å². The molecule has 1 fully saturated rings. The Morgan fingerprint density at radius 2 is 2.12 bits per heavy atom. The van der Waals surface area contributed by atoms with Gasteiger partial charge >= 0.3 is 0 Å². The second kappa shape index (κ2) is 5.18. The van der Waals surface area contributed by atoms with Gasteiger partial charge in [0.05, 0.1) is 19.5 Å². The molecule has 1 aliphatic rings. The number of methoxy groups -OCH3 is 2. The number of H-pyrrole nitrogens is 1. The van der Waals surface area contributed by atoms with Gasteiger partial charge in [0.2, 0.25) is 5.75 Å². The number of anilines is 1. The minimum absolute atomic E-state index is 0.244. The average molecular weight is 239 g/mol. The smallest absolute Gasteiger partial charge is 0.295 e. The van der Waals surface area contributed by atoms with Crippen LogP contribution in [0.25, 0.3) is 0 Å². The maximum absolute atomic E-state index is 11.6. The highest BCUT2D eigenvalue weighted by molar-refractivity contribution is 5.50. The molecule has 6 heteroatoms. The summed E-state index contributed by atoms with van der Waals surface area (Å²) in [7, 11) is 3.21. The van der Waals surface area contributed by atoms with Crippen LogP contribution in [0.1, 0.15) is 12.8 Å². The Hall–Kier alpha value is -1.56. The predicted molar refractivity (Wildman–Crippen MR) is 63.7 cm³/mol. The Balaban J connectivity index is 2.18. The van der Waals surface area contributed by atoms with Gasteiger partial charge in [-0.15, -0.1) is 0 Å². The summed E-state index contributed by atoms with van der Waals surface area (Å²) >= 11 is 0. The number of piperidine rings is 1. The van der Waals surface area contributed by atoms with Crippen LogP contribution in [0.2, 0.25) is 0 Å². The zero-order chi connectivity index (χ0) is 12.3. The minimum atomic E-state index is -0.244. The third-order valence-corrected chi connectivity index (χ3v) is 3.07. The van der Waals surface area contributed by atoms with Crippen molar-refractivity contribution in [2.45, 2.75) is 18.9 Å². The first-order chi connectivity index (χ1) is 8.26. The van der Waals surface area contributed by atoms with Crippen molar-refractivity contribution in [1.29, 1.82) is 0 Å². The molecule has 0 aromatic carbocycles. The monoisotopic (exact) mass is 239 g/mol. The molecule has 6 nitrogen and oxygen atoms in total. The molecular formula is C11H17N3O3. The van der Waals surface area contributed by atoms with Crippen molar-refractivity contribution in [3.63, 3.8) is 0 Å². The van der Waals surface area contributed by atoms with Crippen LogP contribution in [0.15, 0.2) is 11.1 Å². The topological polar surface area (TPSA) is 67.5 Å². The standard InChI is InChI=1S/C11H17N3O3/c1-16-8-3-5-14(6-4-8)10-9(17-2)11(15)13-7-12-10/h7-8H,3-6H2,1-2H3,(H,12,13,15). The molecule has 17 heavy (non-hydrogen) atoms. The molecule has 1 aliphatic heterocycles. The van der Waals surface area contributed by atoms with Crippen molar-refractivity contribution in [3.05, 3.63) is 16.7 Å². The fraction of sp³-hybridized carbons (Fsp3) is 0.636. The van der Waals surface area contributed by atoms with Gasteiger partial charge in [-0.2, -0.15) is 0 Å². The second-order valence-corrected chi connectivity index (χ2v) is 4.01. The largest absolute Gasteiger partial charge is 0.489 e. The highest BCUT2D eigenvalue weighted by Gasteiger charge is 2.23. The van der Waals surface area contributed by atoms with E-state index in [1.165, 1.54) is 13.4 Å². The molecule has 0 unspecified atom stereocenters. The van der Waals surface area contributed by atoms with E-state index in [2.05, 4.69) is 14.9 Å². The molecule has 0 aliphatic carbocycles. The van der Waals surface area contributed by atoms with Gasteiger partial charge < -0.3 is 19.4 Å². The summed E-state index contributed by atoms with van der Waals surface area (Å²) < 4.78 is 10.4. The number of aromatic nitrogens is 2. The molecule has 2 heterocycles. The summed E-state index contributed by atoms with van der Waals surface area (Å²) in [5.41, 5.74) is -0.244. The van der Waals surface area contributed by atoms with Crippen molar-refractivity contribution in [2.75, 3.05) is 32.2 Å². The second-order valence-electron chi connectivity index (χ2n) is 4.01. The summed E-state index contributed by atoms with van der Waals surface area (Å²) in [5, 5.41) is 0. The predicted octanol–water partition coefficient (Wildman–Crippen LogP) is 0.394. The van der Waals surface area contributed by atoms with Gasteiger partial charge in [0, 0.05) is 20.2 Å². The van der Waals surface area contributed by atoms with Gasteiger partial charge in [-0.1, -0.05) is 0 Å². The molecule has 1 aromatic rings. The Bertz CT molecular complexity index is 424. The molecule has 0 bridgehead atoms. The molecule has 0 saturated carbocycles. The van der Waals surface area contributed by atoms with E-state index < -0.39 is 0 Å². The third-order valence-electron chi connectivity index (χ3n) is 3.07. The summed E-state index contributed by atoms with van der Waals surface area (Å²) in [6.07, 6.45) is 3.59. The van der Waals surface area contributed by atoms with Crippen LogP contribution in [-0.4, -0.2) is 43.4 Å². The molecule has 1 N–H and O–H groups in total. The van der Waals surface area contributed by atoms with E-state index in [-0.39, 0.29) is 11.3 Å². The molecule has 2 rings (SSSR count). The average Bonchev–Trinajstić information content (AvgIpc) is 2.38. The Kier molecular flexibility index (Phi) is 3.63. The molecule has 1 saturated heterocycles. The number of hydrogen-bond donors (Lipinski definition) is 1. The molecule has 0 atom stereocenters. The number of rotatable bonds is 3. The van der Waals surface area contributed by atoms with Crippen LogP contribution in [0.5, 0.6) is 5.75 Å². The van der Waals surface area contributed by atoms with Crippen molar-refractivity contribution >= 4 is 5.82 Å². The summed E-state index contributed by atoms with van der Waals surface area (Å²) in [6, 6.07) is 0. The van der Waals surface area contributed by atoms with E-state index in [0.717, 1.165) is 25.9 Å². The Labute approximate surface area is 99.6 Å². The molecule has 1 aromatic heterocycles. The number of nitrogens with zero attached hydrogens (tertiary/aromatic N) is 2. The lowest BCUT2D eigenvalue weighted by atomic mass is 10.1. The highest BCUT2D eigenvalue weighted by Crippen LogP contribution is 2.24. The highest BCUT2D eigenvalue weighted by atomic mass is 16.5. The maximum atomic E-state index is 11.6. The molecule has 0 spiro atoms. The van der Waals surface area contributed by atoms with E-state index in [4.69, 9.17) is 9.47 Å². The zero-order valence-electron chi connectivity index (χ0n) is 10.1. The van der Waals surface area contributed by atoms with Gasteiger partial charge in [0.1, 0.15) is 0 Å². The number of ether oxygens (including phenoxy) is 2. The van der Waals surface area contributed by atoms with Crippen LogP contribution in [-0.2, 0) is 4.74 Å². The first-order valence-corrected chi connectivity index (χ1v) is 5.65. The Morgan fingerprint density at radius 1 is 1.41 bits per heavy atom. The van der Waals surface area contributed by atoms with Gasteiger partial charge in [-0.25, -0.2) is 4.98 Å². The number of hydrogen-bond acceptors (Lipinski definition) is 5. The minimum Gasteiger partial charge on any atom is -0.489 e. The van der Waals surface area contributed by atoms with Gasteiger partial charge in [0.25, 0.3) is 5.56 Å². The third kappa shape index (κ3) is 2.41. The lowest BCUT2D eigenvalue weighted by Crippen LogP contribution is -2.38. The van der Waals surface area contributed by atoms with Crippen molar-refractivity contribution < 1.29 is 9.47 Å². The van der Waals surface area contributed by atoms with Gasteiger partial charge in [-0.05, 0) is 12.8 Å². The van der Waals surface area contributed by atoms with Crippen molar-refractivity contribution in [2.24, 2.45) is 0 Å². The fourth-order valence-corrected chi connectivity index (χ4v) is 2.09. The van der Waals surface area contributed by atoms with E-state index >= 15 is 0 Å². The molecule has 0 amide bonds. The number of nitrogens with one attached hydrogen (secondary N) is 1.